The van der Waals surface area contributed by atoms with Gasteiger partial charge in [0.05, 0.1) is 35.0 Å². The summed E-state index contributed by atoms with van der Waals surface area (Å²) in [4.78, 5) is 32.5. The molecule has 0 amide bonds. The van der Waals surface area contributed by atoms with Gasteiger partial charge in [-0.1, -0.05) is 26.0 Å². The molecule has 1 aliphatic rings. The van der Waals surface area contributed by atoms with Gasteiger partial charge in [-0.15, -0.1) is 0 Å². The summed E-state index contributed by atoms with van der Waals surface area (Å²) in [5.41, 5.74) is 2.26. The quantitative estimate of drug-likeness (QED) is 0.251. The maximum absolute atomic E-state index is 13.7. The molecule has 0 saturated carbocycles. The van der Waals surface area contributed by atoms with Crippen molar-refractivity contribution in [3.05, 3.63) is 83.0 Å². The van der Waals surface area contributed by atoms with E-state index in [9.17, 15) is 13.2 Å². The zero-order valence-corrected chi connectivity index (χ0v) is 25.5. The maximum Gasteiger partial charge on any atom is 0.279 e. The first-order chi connectivity index (χ1) is 21.4. The Bertz CT molecular complexity index is 1920. The first-order valence-electron chi connectivity index (χ1n) is 14.7. The van der Waals surface area contributed by atoms with Crippen molar-refractivity contribution < 1.29 is 13.2 Å². The summed E-state index contributed by atoms with van der Waals surface area (Å²) in [7, 11) is -3.80. The summed E-state index contributed by atoms with van der Waals surface area (Å²) in [5, 5.41) is 4.61. The van der Waals surface area contributed by atoms with Crippen LogP contribution in [0, 0.1) is 0 Å². The Kier molecular flexibility index (Phi) is 8.51. The van der Waals surface area contributed by atoms with Gasteiger partial charge in [0.15, 0.2) is 5.52 Å². The van der Waals surface area contributed by atoms with E-state index in [4.69, 9.17) is 9.72 Å². The molecule has 1 fully saturated rings. The van der Waals surface area contributed by atoms with Gasteiger partial charge in [-0.3, -0.25) is 19.4 Å². The Morgan fingerprint density at radius 3 is 2.39 bits per heavy atom. The Labute approximate surface area is 255 Å². The zero-order chi connectivity index (χ0) is 30.7. The van der Waals surface area contributed by atoms with Gasteiger partial charge in [-0.05, 0) is 55.4 Å². The van der Waals surface area contributed by atoms with Gasteiger partial charge in [0, 0.05) is 38.6 Å². The summed E-state index contributed by atoms with van der Waals surface area (Å²) in [6.45, 7) is 7.78. The molecule has 1 N–H and O–H groups in total. The number of hydrogen-bond acceptors (Lipinski definition) is 9. The highest BCUT2D eigenvalue weighted by atomic mass is 32.2. The average molecular weight is 615 g/mol. The van der Waals surface area contributed by atoms with Crippen molar-refractivity contribution in [2.45, 2.75) is 31.7 Å². The normalized spacial score (nSPS) is 14.7. The fraction of sp³-hybridized carbons (Fsp3) is 0.323. The lowest BCUT2D eigenvalue weighted by atomic mass is 10.1. The highest BCUT2D eigenvalue weighted by Gasteiger charge is 2.29. The van der Waals surface area contributed by atoms with Crippen molar-refractivity contribution in [1.29, 1.82) is 0 Å². The van der Waals surface area contributed by atoms with Crippen LogP contribution in [0.2, 0.25) is 0 Å². The fourth-order valence-corrected chi connectivity index (χ4v) is 6.74. The molecular weight excluding hydrogens is 580 g/mol. The molecule has 0 bridgehead atoms. The number of nitrogens with zero attached hydrogens (tertiary/aromatic N) is 7. The third-order valence-corrected chi connectivity index (χ3v) is 9.52. The first-order valence-corrected chi connectivity index (χ1v) is 16.1. The van der Waals surface area contributed by atoms with Crippen LogP contribution in [0.1, 0.15) is 26.0 Å². The Hall–Kier alpha value is -4.46. The van der Waals surface area contributed by atoms with Crippen molar-refractivity contribution in [2.24, 2.45) is 0 Å². The van der Waals surface area contributed by atoms with Gasteiger partial charge in [0.25, 0.3) is 5.56 Å². The SMILES string of the molecule is CCCOc1ccc(S(=O)(=O)N2CCN(CC)CC2)cc1-c1nc2c(-c3ccccn3)n(Cc3ccccn3)nc2c(=O)[nH]1. The molecule has 1 aliphatic heterocycles. The molecule has 1 aromatic carbocycles. The molecule has 6 rings (SSSR count). The van der Waals surface area contributed by atoms with Crippen LogP contribution in [0.25, 0.3) is 33.8 Å². The summed E-state index contributed by atoms with van der Waals surface area (Å²) >= 11 is 0. The van der Waals surface area contributed by atoms with Crippen LogP contribution in [-0.4, -0.2) is 86.7 Å². The van der Waals surface area contributed by atoms with Crippen molar-refractivity contribution in [2.75, 3.05) is 39.3 Å². The molecule has 5 aromatic rings. The lowest BCUT2D eigenvalue weighted by molar-refractivity contribution is 0.196. The molecule has 1 saturated heterocycles. The van der Waals surface area contributed by atoms with E-state index < -0.39 is 15.6 Å². The standard InChI is InChI=1S/C31H34N8O4S/c1-3-19-43-26-12-11-23(44(41,42)38-17-15-37(4-2)16-18-38)20-24(26)30-34-27-28(31(40)35-30)36-39(21-22-9-5-7-13-32-22)29(27)25-10-6-8-14-33-25/h5-14,20H,3-4,15-19,21H2,1-2H3,(H,34,35,40). The largest absolute Gasteiger partial charge is 0.493 e. The van der Waals surface area contributed by atoms with Crippen LogP contribution in [0.3, 0.4) is 0 Å². The number of sulfonamides is 1. The Balaban J connectivity index is 1.49. The Morgan fingerprint density at radius 2 is 1.70 bits per heavy atom. The van der Waals surface area contributed by atoms with Crippen LogP contribution < -0.4 is 10.3 Å². The number of pyridine rings is 2. The van der Waals surface area contributed by atoms with Gasteiger partial charge >= 0.3 is 0 Å². The number of fused-ring (bicyclic) bond motifs is 1. The lowest BCUT2D eigenvalue weighted by Crippen LogP contribution is -2.48. The average Bonchev–Trinajstić information content (AvgIpc) is 3.42. The zero-order valence-electron chi connectivity index (χ0n) is 24.7. The molecular formula is C31H34N8O4S. The number of aromatic amines is 1. The molecule has 13 heteroatoms. The van der Waals surface area contributed by atoms with E-state index in [-0.39, 0.29) is 16.2 Å². The van der Waals surface area contributed by atoms with E-state index in [0.717, 1.165) is 18.7 Å². The van der Waals surface area contributed by atoms with Crippen LogP contribution in [0.5, 0.6) is 5.75 Å². The van der Waals surface area contributed by atoms with Crippen LogP contribution in [0.15, 0.2) is 76.7 Å². The summed E-state index contributed by atoms with van der Waals surface area (Å²) in [6.07, 6.45) is 4.11. The number of H-pyrrole nitrogens is 1. The molecule has 4 aromatic heterocycles. The van der Waals surface area contributed by atoms with Crippen LogP contribution >= 0.6 is 0 Å². The third kappa shape index (κ3) is 5.85. The minimum atomic E-state index is -3.80. The summed E-state index contributed by atoms with van der Waals surface area (Å²) in [6, 6.07) is 15.8. The highest BCUT2D eigenvalue weighted by molar-refractivity contribution is 7.89. The highest BCUT2D eigenvalue weighted by Crippen LogP contribution is 2.33. The van der Waals surface area contributed by atoms with Gasteiger partial charge in [0.1, 0.15) is 22.8 Å². The fourth-order valence-electron chi connectivity index (χ4n) is 5.29. The van der Waals surface area contributed by atoms with Gasteiger partial charge in [0.2, 0.25) is 10.0 Å². The van der Waals surface area contributed by atoms with E-state index in [1.54, 1.807) is 29.2 Å². The van der Waals surface area contributed by atoms with Gasteiger partial charge < -0.3 is 14.6 Å². The molecule has 5 heterocycles. The van der Waals surface area contributed by atoms with Crippen molar-refractivity contribution >= 4 is 21.1 Å². The van der Waals surface area contributed by atoms with Crippen LogP contribution in [-0.2, 0) is 16.6 Å². The number of hydrogen-bond donors (Lipinski definition) is 1. The van der Waals surface area contributed by atoms with Crippen molar-refractivity contribution in [3.63, 3.8) is 0 Å². The number of rotatable bonds is 10. The predicted molar refractivity (Wildman–Crippen MR) is 167 cm³/mol. The minimum Gasteiger partial charge on any atom is -0.493 e. The molecule has 0 aliphatic carbocycles. The smallest absolute Gasteiger partial charge is 0.279 e. The van der Waals surface area contributed by atoms with Gasteiger partial charge in [-0.25, -0.2) is 13.4 Å². The summed E-state index contributed by atoms with van der Waals surface area (Å²) in [5.74, 6) is 0.598. The van der Waals surface area contributed by atoms with E-state index in [2.05, 4.69) is 31.9 Å². The summed E-state index contributed by atoms with van der Waals surface area (Å²) < 4.78 is 36.7. The molecule has 0 unspecified atom stereocenters. The molecule has 0 spiro atoms. The maximum atomic E-state index is 13.7. The second-order valence-electron chi connectivity index (χ2n) is 10.5. The number of aromatic nitrogens is 6. The first kappa shape index (κ1) is 29.6. The lowest BCUT2D eigenvalue weighted by Gasteiger charge is -2.33. The number of piperazine rings is 1. The number of likely N-dealkylation sites (N-methyl/N-ethyl adjacent to an activating group) is 1. The van der Waals surface area contributed by atoms with Gasteiger partial charge in [-0.2, -0.15) is 9.40 Å². The number of benzene rings is 1. The predicted octanol–water partition coefficient (Wildman–Crippen LogP) is 3.41. The second-order valence-corrected chi connectivity index (χ2v) is 12.4. The van der Waals surface area contributed by atoms with E-state index >= 15 is 0 Å². The van der Waals surface area contributed by atoms with E-state index in [1.165, 1.54) is 10.4 Å². The van der Waals surface area contributed by atoms with Crippen LogP contribution in [0.4, 0.5) is 0 Å². The molecule has 228 valence electrons. The monoisotopic (exact) mass is 614 g/mol. The van der Waals surface area contributed by atoms with Crippen molar-refractivity contribution in [1.82, 2.24) is 38.9 Å². The molecule has 44 heavy (non-hydrogen) atoms. The third-order valence-electron chi connectivity index (χ3n) is 7.63. The minimum absolute atomic E-state index is 0.111. The topological polar surface area (TPSA) is 139 Å². The number of nitrogens with one attached hydrogen (secondary N) is 1. The Morgan fingerprint density at radius 1 is 0.932 bits per heavy atom. The molecule has 12 nitrogen and oxygen atoms in total. The second kappa shape index (κ2) is 12.6. The van der Waals surface area contributed by atoms with E-state index in [1.807, 2.05) is 43.3 Å². The van der Waals surface area contributed by atoms with Crippen molar-refractivity contribution in [3.8, 4) is 28.5 Å². The molecule has 0 atom stereocenters. The molecule has 0 radical (unpaired) electrons. The number of ether oxygens (including phenoxy) is 1. The van der Waals surface area contributed by atoms with E-state index in [0.29, 0.717) is 67.5 Å².